The second-order valence-corrected chi connectivity index (χ2v) is 4.32. The Balaban J connectivity index is 3.02. The van der Waals surface area contributed by atoms with Gasteiger partial charge in [-0.2, -0.15) is 17.9 Å². The number of hydrogen-bond donors (Lipinski definition) is 3. The smallest absolute Gasteiger partial charge is 0.177 e. The van der Waals surface area contributed by atoms with Crippen LogP contribution in [0.2, 0.25) is 0 Å². The zero-order valence-corrected chi connectivity index (χ0v) is 10.7. The first-order valence-corrected chi connectivity index (χ1v) is 6.21. The van der Waals surface area contributed by atoms with Crippen LogP contribution in [0.3, 0.4) is 0 Å². The van der Waals surface area contributed by atoms with Crippen molar-refractivity contribution in [1.29, 1.82) is 5.26 Å². The summed E-state index contributed by atoms with van der Waals surface area (Å²) in [5.74, 6) is 0.0808. The van der Waals surface area contributed by atoms with Crippen LogP contribution in [-0.4, -0.2) is 27.9 Å². The zero-order chi connectivity index (χ0) is 13.5. The van der Waals surface area contributed by atoms with Gasteiger partial charge in [0.15, 0.2) is 5.78 Å². The van der Waals surface area contributed by atoms with Crippen LogP contribution >= 0.6 is 12.6 Å². The van der Waals surface area contributed by atoms with Crippen molar-refractivity contribution in [2.45, 2.75) is 25.0 Å². The summed E-state index contributed by atoms with van der Waals surface area (Å²) in [4.78, 5) is 11.7. The molecule has 0 aliphatic rings. The van der Waals surface area contributed by atoms with Crippen molar-refractivity contribution in [1.82, 2.24) is 0 Å². The third-order valence-corrected chi connectivity index (χ3v) is 2.87. The molecule has 0 aliphatic carbocycles. The molecular formula is C13H15NO3S. The van der Waals surface area contributed by atoms with E-state index in [4.69, 9.17) is 5.26 Å². The molecule has 0 amide bonds. The topological polar surface area (TPSA) is 81.3 Å². The van der Waals surface area contributed by atoms with Gasteiger partial charge in [0, 0.05) is 5.56 Å². The summed E-state index contributed by atoms with van der Waals surface area (Å²) in [5, 5.41) is 28.3. The number of carbonyl (C=O) groups excluding carboxylic acids is 1. The predicted molar refractivity (Wildman–Crippen MR) is 70.4 cm³/mol. The first-order valence-electron chi connectivity index (χ1n) is 5.58. The largest absolute Gasteiger partial charge is 0.390 e. The van der Waals surface area contributed by atoms with Crippen molar-refractivity contribution in [3.8, 4) is 6.07 Å². The molecule has 2 N–H and O–H groups in total. The molecule has 18 heavy (non-hydrogen) atoms. The van der Waals surface area contributed by atoms with Crippen LogP contribution in [0.5, 0.6) is 0 Å². The highest BCUT2D eigenvalue weighted by molar-refractivity contribution is 7.80. The highest BCUT2D eigenvalue weighted by Crippen LogP contribution is 2.23. The maximum Gasteiger partial charge on any atom is 0.177 e. The van der Waals surface area contributed by atoms with Crippen LogP contribution in [0.4, 0.5) is 0 Å². The van der Waals surface area contributed by atoms with Crippen LogP contribution in [0, 0.1) is 11.3 Å². The number of aliphatic hydroxyl groups excluding tert-OH is 2. The van der Waals surface area contributed by atoms with Gasteiger partial charge in [-0.1, -0.05) is 24.3 Å². The average Bonchev–Trinajstić information content (AvgIpc) is 2.38. The van der Waals surface area contributed by atoms with Crippen LogP contribution in [-0.2, 0) is 0 Å². The van der Waals surface area contributed by atoms with Crippen molar-refractivity contribution in [3.05, 3.63) is 35.4 Å². The number of aliphatic hydroxyl groups is 2. The molecule has 0 bridgehead atoms. The fourth-order valence-electron chi connectivity index (χ4n) is 1.67. The van der Waals surface area contributed by atoms with Gasteiger partial charge in [0.05, 0.1) is 18.6 Å². The molecule has 2 atom stereocenters. The zero-order valence-electron chi connectivity index (χ0n) is 9.78. The van der Waals surface area contributed by atoms with Gasteiger partial charge in [0.25, 0.3) is 0 Å². The molecule has 1 rings (SSSR count). The lowest BCUT2D eigenvalue weighted by Crippen LogP contribution is -2.21. The van der Waals surface area contributed by atoms with E-state index in [1.165, 1.54) is 0 Å². The Labute approximate surface area is 111 Å². The number of rotatable bonds is 6. The Morgan fingerprint density at radius 2 is 2.06 bits per heavy atom. The minimum atomic E-state index is -1.14. The highest BCUT2D eigenvalue weighted by atomic mass is 32.1. The Bertz CT molecular complexity index is 456. The number of benzene rings is 1. The molecule has 2 unspecified atom stereocenters. The minimum Gasteiger partial charge on any atom is -0.390 e. The Hall–Kier alpha value is -1.35. The minimum absolute atomic E-state index is 0.244. The lowest BCUT2D eigenvalue weighted by Gasteiger charge is -2.19. The highest BCUT2D eigenvalue weighted by Gasteiger charge is 2.22. The quantitative estimate of drug-likeness (QED) is 0.538. The number of nitriles is 1. The van der Waals surface area contributed by atoms with Crippen LogP contribution in [0.15, 0.2) is 24.3 Å². The number of nitrogens with zero attached hydrogens (tertiary/aromatic N) is 1. The third-order valence-electron chi connectivity index (χ3n) is 2.61. The molecule has 0 spiro atoms. The molecule has 5 heteroatoms. The van der Waals surface area contributed by atoms with E-state index in [9.17, 15) is 15.0 Å². The van der Waals surface area contributed by atoms with Crippen molar-refractivity contribution in [2.24, 2.45) is 0 Å². The standard InChI is InChI=1S/C13H15NO3S/c14-7-5-11(15)9-3-1-2-4-10(9)13(17)12(16)6-8-18/h1-4,12-13,16-18H,5-6,8H2. The van der Waals surface area contributed by atoms with Gasteiger partial charge in [-0.15, -0.1) is 0 Å². The summed E-state index contributed by atoms with van der Waals surface area (Å²) in [7, 11) is 0. The molecule has 96 valence electrons. The molecule has 1 aromatic rings. The molecule has 0 saturated carbocycles. The predicted octanol–water partition coefficient (Wildman–Crippen LogP) is 1.50. The number of hydrogen-bond acceptors (Lipinski definition) is 5. The van der Waals surface area contributed by atoms with E-state index in [2.05, 4.69) is 12.6 Å². The van der Waals surface area contributed by atoms with E-state index >= 15 is 0 Å². The van der Waals surface area contributed by atoms with Crippen LogP contribution < -0.4 is 0 Å². The molecule has 0 aliphatic heterocycles. The summed E-state index contributed by atoms with van der Waals surface area (Å²) < 4.78 is 0. The van der Waals surface area contributed by atoms with Gasteiger partial charge in [0.2, 0.25) is 0 Å². The lowest BCUT2D eigenvalue weighted by atomic mass is 9.94. The van der Waals surface area contributed by atoms with Gasteiger partial charge in [-0.3, -0.25) is 4.79 Å². The van der Waals surface area contributed by atoms with Crippen molar-refractivity contribution in [2.75, 3.05) is 5.75 Å². The molecular weight excluding hydrogens is 250 g/mol. The maximum absolute atomic E-state index is 11.7. The van der Waals surface area contributed by atoms with Crippen molar-refractivity contribution >= 4 is 18.4 Å². The Morgan fingerprint density at radius 1 is 1.39 bits per heavy atom. The summed E-state index contributed by atoms with van der Waals surface area (Å²) >= 11 is 3.99. The van der Waals surface area contributed by atoms with Crippen LogP contribution in [0.1, 0.15) is 34.9 Å². The van der Waals surface area contributed by atoms with E-state index in [1.807, 2.05) is 0 Å². The van der Waals surface area contributed by atoms with E-state index in [0.717, 1.165) is 0 Å². The molecule has 4 nitrogen and oxygen atoms in total. The fraction of sp³-hybridized carbons (Fsp3) is 0.385. The van der Waals surface area contributed by atoms with E-state index in [1.54, 1.807) is 30.3 Å². The second-order valence-electron chi connectivity index (χ2n) is 3.87. The molecule has 0 fully saturated rings. The second kappa shape index (κ2) is 7.17. The third kappa shape index (κ3) is 3.57. The summed E-state index contributed by atoms with van der Waals surface area (Å²) in [6, 6.07) is 8.24. The van der Waals surface area contributed by atoms with Crippen molar-refractivity contribution in [3.63, 3.8) is 0 Å². The summed E-state index contributed by atoms with van der Waals surface area (Å²) in [6.45, 7) is 0. The van der Waals surface area contributed by atoms with Gasteiger partial charge in [-0.25, -0.2) is 0 Å². The van der Waals surface area contributed by atoms with Crippen LogP contribution in [0.25, 0.3) is 0 Å². The SMILES string of the molecule is N#CCC(=O)c1ccccc1C(O)C(O)CCS. The number of Topliss-reactive ketones (excluding diaryl/α,β-unsaturated/α-hetero) is 1. The maximum atomic E-state index is 11.7. The van der Waals surface area contributed by atoms with E-state index in [0.29, 0.717) is 17.7 Å². The van der Waals surface area contributed by atoms with Gasteiger partial charge in [0.1, 0.15) is 6.10 Å². The molecule has 0 heterocycles. The first-order chi connectivity index (χ1) is 8.61. The average molecular weight is 265 g/mol. The molecule has 0 radical (unpaired) electrons. The Kier molecular flexibility index (Phi) is 5.86. The monoisotopic (exact) mass is 265 g/mol. The number of carbonyl (C=O) groups is 1. The van der Waals surface area contributed by atoms with E-state index in [-0.39, 0.29) is 17.8 Å². The van der Waals surface area contributed by atoms with Gasteiger partial charge >= 0.3 is 0 Å². The Morgan fingerprint density at radius 3 is 2.67 bits per heavy atom. The van der Waals surface area contributed by atoms with Gasteiger partial charge < -0.3 is 10.2 Å². The van der Waals surface area contributed by atoms with Gasteiger partial charge in [-0.05, 0) is 17.7 Å². The summed E-state index contributed by atoms with van der Waals surface area (Å²) in [6.07, 6.45) is -2.04. The lowest BCUT2D eigenvalue weighted by molar-refractivity contribution is 0.0168. The first kappa shape index (κ1) is 14.7. The normalized spacial score (nSPS) is 13.7. The molecule has 0 aromatic heterocycles. The fourth-order valence-corrected chi connectivity index (χ4v) is 1.94. The molecule has 1 aromatic carbocycles. The molecule has 0 saturated heterocycles. The van der Waals surface area contributed by atoms with Crippen molar-refractivity contribution < 1.29 is 15.0 Å². The summed E-state index contributed by atoms with van der Waals surface area (Å²) in [5.41, 5.74) is 0.636. The number of ketones is 1. The van der Waals surface area contributed by atoms with E-state index < -0.39 is 12.2 Å². The number of thiol groups is 1.